The van der Waals surface area contributed by atoms with Gasteiger partial charge in [0.2, 0.25) is 11.4 Å². The second-order valence-corrected chi connectivity index (χ2v) is 8.96. The highest BCUT2D eigenvalue weighted by Crippen LogP contribution is 2.26. The van der Waals surface area contributed by atoms with Crippen LogP contribution in [0.4, 0.5) is 0 Å². The number of hydrogen-bond donors (Lipinski definition) is 2. The van der Waals surface area contributed by atoms with Gasteiger partial charge < -0.3 is 20.4 Å². The normalized spacial score (nSPS) is 17.6. The molecule has 36 heavy (non-hydrogen) atoms. The van der Waals surface area contributed by atoms with Crippen molar-refractivity contribution in [1.82, 2.24) is 24.5 Å². The fraction of sp³-hybridized carbons (Fsp3) is 0.269. The molecule has 0 atom stereocenters. The molecule has 2 amide bonds. The third kappa shape index (κ3) is 4.70. The van der Waals surface area contributed by atoms with Gasteiger partial charge in [-0.3, -0.25) is 14.4 Å². The van der Waals surface area contributed by atoms with Gasteiger partial charge in [0.15, 0.2) is 0 Å². The summed E-state index contributed by atoms with van der Waals surface area (Å²) in [6.07, 6.45) is 9.56. The van der Waals surface area contributed by atoms with Crippen molar-refractivity contribution >= 4 is 17.3 Å². The molecule has 0 bridgehead atoms. The van der Waals surface area contributed by atoms with E-state index in [-0.39, 0.29) is 35.1 Å². The van der Waals surface area contributed by atoms with Crippen LogP contribution < -0.4 is 21.3 Å². The minimum Gasteiger partial charge on any atom is -0.474 e. The Hall–Kier alpha value is -4.47. The topological polar surface area (TPSA) is 134 Å². The molecule has 4 aromatic heterocycles. The molecule has 1 aliphatic carbocycles. The summed E-state index contributed by atoms with van der Waals surface area (Å²) in [5.41, 5.74) is 8.56. The van der Waals surface area contributed by atoms with Gasteiger partial charge in [-0.25, -0.2) is 9.50 Å². The molecule has 1 fully saturated rings. The predicted octanol–water partition coefficient (Wildman–Crippen LogP) is 2.31. The van der Waals surface area contributed by atoms with Crippen molar-refractivity contribution in [2.45, 2.75) is 37.8 Å². The maximum atomic E-state index is 13.0. The lowest BCUT2D eigenvalue weighted by Crippen LogP contribution is -2.39. The van der Waals surface area contributed by atoms with Crippen LogP contribution in [0.1, 0.15) is 46.4 Å². The first-order chi connectivity index (χ1) is 17.4. The van der Waals surface area contributed by atoms with E-state index in [2.05, 4.69) is 15.4 Å². The number of fused-ring (bicyclic) bond motifs is 1. The van der Waals surface area contributed by atoms with E-state index in [1.807, 2.05) is 18.3 Å². The highest BCUT2D eigenvalue weighted by Gasteiger charge is 2.26. The van der Waals surface area contributed by atoms with Gasteiger partial charge in [0, 0.05) is 43.3 Å². The van der Waals surface area contributed by atoms with Crippen LogP contribution in [0.25, 0.3) is 16.6 Å². The molecule has 184 valence electrons. The van der Waals surface area contributed by atoms with Crippen LogP contribution in [-0.2, 0) is 7.05 Å². The molecular weight excluding hydrogens is 460 g/mol. The van der Waals surface area contributed by atoms with Crippen LogP contribution >= 0.6 is 0 Å². The van der Waals surface area contributed by atoms with Gasteiger partial charge in [0.1, 0.15) is 11.7 Å². The molecule has 0 aromatic carbocycles. The van der Waals surface area contributed by atoms with E-state index in [1.54, 1.807) is 48.4 Å². The quantitative estimate of drug-likeness (QED) is 0.430. The fourth-order valence-electron chi connectivity index (χ4n) is 4.51. The molecule has 0 aliphatic heterocycles. The maximum absolute atomic E-state index is 13.0. The number of aryl methyl sites for hydroxylation is 1. The van der Waals surface area contributed by atoms with Crippen molar-refractivity contribution in [2.24, 2.45) is 12.8 Å². The number of nitrogens with two attached hydrogens (primary N) is 1. The Morgan fingerprint density at radius 1 is 1.03 bits per heavy atom. The minimum absolute atomic E-state index is 0.0107. The number of primary amides is 1. The first kappa shape index (κ1) is 23.3. The lowest BCUT2D eigenvalue weighted by Gasteiger charge is -2.29. The average molecular weight is 487 g/mol. The predicted molar refractivity (Wildman–Crippen MR) is 133 cm³/mol. The first-order valence-corrected chi connectivity index (χ1v) is 11.8. The van der Waals surface area contributed by atoms with Crippen molar-refractivity contribution in [3.05, 3.63) is 82.7 Å². The van der Waals surface area contributed by atoms with Crippen LogP contribution in [-0.4, -0.2) is 43.1 Å². The molecular formula is C26H26N6O4. The second kappa shape index (κ2) is 9.65. The number of nitrogens with zero attached hydrogens (tertiary/aromatic N) is 4. The van der Waals surface area contributed by atoms with E-state index in [0.29, 0.717) is 11.1 Å². The number of carbonyl (C=O) groups excluding carboxylic acids is 2. The van der Waals surface area contributed by atoms with Gasteiger partial charge in [0.05, 0.1) is 17.3 Å². The van der Waals surface area contributed by atoms with Crippen molar-refractivity contribution in [1.29, 1.82) is 0 Å². The number of rotatable bonds is 6. The molecule has 0 radical (unpaired) electrons. The van der Waals surface area contributed by atoms with Crippen LogP contribution in [0, 0.1) is 0 Å². The van der Waals surface area contributed by atoms with Crippen molar-refractivity contribution in [3.8, 4) is 17.0 Å². The number of nitrogens with one attached hydrogen (secondary N) is 1. The van der Waals surface area contributed by atoms with Crippen molar-refractivity contribution < 1.29 is 14.3 Å². The number of aromatic nitrogens is 4. The summed E-state index contributed by atoms with van der Waals surface area (Å²) in [6, 6.07) is 10.3. The Kier molecular flexibility index (Phi) is 6.24. The molecule has 10 heteroatoms. The standard InChI is InChI=1S/C26H26N6O4/c1-31-14-16(5-11-23(31)33)17-4-10-22-21(13-29-32(22)15-17)25(35)30-18-6-8-19(9-7-18)36-26-20(24(27)34)3-2-12-28-26/h2-5,10-15,18-19H,6-9H2,1H3,(H2,27,34)(H,30,35)/t18-,19-. The zero-order valence-corrected chi connectivity index (χ0v) is 19.8. The molecule has 0 unspecified atom stereocenters. The number of ether oxygens (including phenoxy) is 1. The Labute approximate surface area is 206 Å². The molecule has 3 N–H and O–H groups in total. The monoisotopic (exact) mass is 486 g/mol. The molecule has 4 aromatic rings. The lowest BCUT2D eigenvalue weighted by atomic mass is 9.92. The van der Waals surface area contributed by atoms with Crippen LogP contribution in [0.3, 0.4) is 0 Å². The Morgan fingerprint density at radius 3 is 2.53 bits per heavy atom. The zero-order valence-electron chi connectivity index (χ0n) is 19.8. The number of pyridine rings is 3. The van der Waals surface area contributed by atoms with E-state index in [0.717, 1.165) is 36.8 Å². The summed E-state index contributed by atoms with van der Waals surface area (Å²) < 4.78 is 9.13. The Morgan fingerprint density at radius 2 is 1.78 bits per heavy atom. The summed E-state index contributed by atoms with van der Waals surface area (Å²) in [6.45, 7) is 0. The summed E-state index contributed by atoms with van der Waals surface area (Å²) in [7, 11) is 1.71. The Bertz CT molecular complexity index is 1500. The van der Waals surface area contributed by atoms with Crippen LogP contribution in [0.15, 0.2) is 66.0 Å². The van der Waals surface area contributed by atoms with Crippen LogP contribution in [0.5, 0.6) is 5.88 Å². The fourth-order valence-corrected chi connectivity index (χ4v) is 4.51. The maximum Gasteiger partial charge on any atom is 0.255 e. The molecule has 1 aliphatic rings. The smallest absolute Gasteiger partial charge is 0.255 e. The van der Waals surface area contributed by atoms with E-state index in [1.165, 1.54) is 10.6 Å². The average Bonchev–Trinajstić information content (AvgIpc) is 3.30. The van der Waals surface area contributed by atoms with Gasteiger partial charge in [-0.1, -0.05) is 6.07 Å². The largest absolute Gasteiger partial charge is 0.474 e. The SMILES string of the molecule is Cn1cc(-c2ccc3c(C(=O)N[C@H]4CC[C@H](Oc5ncccc5C(N)=O)CC4)cnn3c2)ccc1=O. The molecule has 4 heterocycles. The number of hydrogen-bond acceptors (Lipinski definition) is 6. The van der Waals surface area contributed by atoms with E-state index in [4.69, 9.17) is 10.5 Å². The van der Waals surface area contributed by atoms with E-state index in [9.17, 15) is 14.4 Å². The van der Waals surface area contributed by atoms with E-state index >= 15 is 0 Å². The molecule has 5 rings (SSSR count). The van der Waals surface area contributed by atoms with Crippen LogP contribution in [0.2, 0.25) is 0 Å². The summed E-state index contributed by atoms with van der Waals surface area (Å²) >= 11 is 0. The van der Waals surface area contributed by atoms with Gasteiger partial charge in [-0.2, -0.15) is 5.10 Å². The summed E-state index contributed by atoms with van der Waals surface area (Å²) in [5, 5.41) is 7.47. The molecule has 10 nitrogen and oxygen atoms in total. The number of amides is 2. The number of carbonyl (C=O) groups is 2. The zero-order chi connectivity index (χ0) is 25.2. The highest BCUT2D eigenvalue weighted by atomic mass is 16.5. The van der Waals surface area contributed by atoms with Gasteiger partial charge >= 0.3 is 0 Å². The molecule has 1 saturated carbocycles. The van der Waals surface area contributed by atoms with Gasteiger partial charge in [-0.15, -0.1) is 0 Å². The van der Waals surface area contributed by atoms with Gasteiger partial charge in [0.25, 0.3) is 11.8 Å². The third-order valence-electron chi connectivity index (χ3n) is 6.50. The van der Waals surface area contributed by atoms with E-state index < -0.39 is 5.91 Å². The summed E-state index contributed by atoms with van der Waals surface area (Å²) in [5.74, 6) is -0.500. The third-order valence-corrected chi connectivity index (χ3v) is 6.50. The molecule has 0 saturated heterocycles. The highest BCUT2D eigenvalue weighted by molar-refractivity contribution is 6.01. The lowest BCUT2D eigenvalue weighted by molar-refractivity contribution is 0.0882. The first-order valence-electron chi connectivity index (χ1n) is 11.8. The molecule has 0 spiro atoms. The Balaban J connectivity index is 1.22. The minimum atomic E-state index is -0.575. The van der Waals surface area contributed by atoms with Crippen molar-refractivity contribution in [3.63, 3.8) is 0 Å². The summed E-state index contributed by atoms with van der Waals surface area (Å²) in [4.78, 5) is 40.4. The van der Waals surface area contributed by atoms with Gasteiger partial charge in [-0.05, 0) is 55.5 Å². The van der Waals surface area contributed by atoms with Crippen molar-refractivity contribution in [2.75, 3.05) is 0 Å². The second-order valence-electron chi connectivity index (χ2n) is 8.96.